The Balaban J connectivity index is 2.66. The largest absolute Gasteiger partial charge is 0.339 e. The third kappa shape index (κ3) is 4.94. The van der Waals surface area contributed by atoms with Crippen molar-refractivity contribution in [2.75, 3.05) is 18.6 Å². The molecule has 0 radical (unpaired) electrons. The highest BCUT2D eigenvalue weighted by Gasteiger charge is 2.28. The van der Waals surface area contributed by atoms with Crippen molar-refractivity contribution in [3.8, 4) is 0 Å². The second-order valence-corrected chi connectivity index (χ2v) is 7.37. The van der Waals surface area contributed by atoms with Crippen LogP contribution in [-0.4, -0.2) is 49.9 Å². The number of amides is 1. The molecule has 0 aliphatic heterocycles. The molecule has 0 saturated heterocycles. The standard InChI is InChI=1S/C12H24N2O3S/c1-3-8-14(12(15)9-18(2,16)17)11-6-4-10(13)5-7-11/h10-11H,3-9,13H2,1-2H3. The molecule has 0 unspecified atom stereocenters. The van der Waals surface area contributed by atoms with Crippen molar-refractivity contribution >= 4 is 15.7 Å². The van der Waals surface area contributed by atoms with Gasteiger partial charge in [0, 0.05) is 24.9 Å². The molecule has 6 heteroatoms. The fraction of sp³-hybridized carbons (Fsp3) is 0.917. The first-order valence-corrected chi connectivity index (χ1v) is 8.62. The van der Waals surface area contributed by atoms with Crippen LogP contribution in [0.15, 0.2) is 0 Å². The highest BCUT2D eigenvalue weighted by atomic mass is 32.2. The van der Waals surface area contributed by atoms with Crippen molar-refractivity contribution in [3.05, 3.63) is 0 Å². The molecule has 1 saturated carbocycles. The van der Waals surface area contributed by atoms with Gasteiger partial charge in [-0.25, -0.2) is 8.42 Å². The van der Waals surface area contributed by atoms with Gasteiger partial charge >= 0.3 is 0 Å². The Morgan fingerprint density at radius 1 is 1.28 bits per heavy atom. The lowest BCUT2D eigenvalue weighted by Gasteiger charge is -2.36. The van der Waals surface area contributed by atoms with Crippen LogP contribution in [0.2, 0.25) is 0 Å². The zero-order valence-electron chi connectivity index (χ0n) is 11.3. The maximum absolute atomic E-state index is 12.0. The number of hydrogen-bond donors (Lipinski definition) is 1. The molecule has 0 aromatic carbocycles. The van der Waals surface area contributed by atoms with Crippen LogP contribution in [0.4, 0.5) is 0 Å². The summed E-state index contributed by atoms with van der Waals surface area (Å²) >= 11 is 0. The predicted molar refractivity (Wildman–Crippen MR) is 71.9 cm³/mol. The summed E-state index contributed by atoms with van der Waals surface area (Å²) in [6, 6.07) is 0.397. The smallest absolute Gasteiger partial charge is 0.238 e. The van der Waals surface area contributed by atoms with Gasteiger partial charge in [0.05, 0.1) is 0 Å². The molecule has 0 spiro atoms. The fourth-order valence-electron chi connectivity index (χ4n) is 2.47. The first-order valence-electron chi connectivity index (χ1n) is 6.56. The lowest BCUT2D eigenvalue weighted by molar-refractivity contribution is -0.131. The summed E-state index contributed by atoms with van der Waals surface area (Å²) in [5.74, 6) is -0.643. The highest BCUT2D eigenvalue weighted by molar-refractivity contribution is 7.91. The number of carbonyl (C=O) groups is 1. The van der Waals surface area contributed by atoms with E-state index in [4.69, 9.17) is 5.73 Å². The number of hydrogen-bond acceptors (Lipinski definition) is 4. The summed E-state index contributed by atoms with van der Waals surface area (Å²) < 4.78 is 22.4. The van der Waals surface area contributed by atoms with E-state index in [2.05, 4.69) is 0 Å². The zero-order valence-corrected chi connectivity index (χ0v) is 12.1. The molecule has 1 rings (SSSR count). The first-order chi connectivity index (χ1) is 8.33. The van der Waals surface area contributed by atoms with Crippen molar-refractivity contribution in [2.45, 2.75) is 51.1 Å². The molecule has 1 amide bonds. The van der Waals surface area contributed by atoms with Crippen molar-refractivity contribution in [1.82, 2.24) is 4.90 Å². The number of sulfone groups is 1. The van der Waals surface area contributed by atoms with Crippen molar-refractivity contribution < 1.29 is 13.2 Å². The van der Waals surface area contributed by atoms with Crippen molar-refractivity contribution in [2.24, 2.45) is 5.73 Å². The predicted octanol–water partition coefficient (Wildman–Crippen LogP) is 0.540. The summed E-state index contributed by atoms with van der Waals surface area (Å²) in [5, 5.41) is 0. The van der Waals surface area contributed by atoms with Gasteiger partial charge in [-0.3, -0.25) is 4.79 Å². The van der Waals surface area contributed by atoms with Gasteiger partial charge < -0.3 is 10.6 Å². The van der Waals surface area contributed by atoms with Gasteiger partial charge in [0.1, 0.15) is 5.75 Å². The lowest BCUT2D eigenvalue weighted by Crippen LogP contribution is -2.46. The minimum absolute atomic E-state index is 0.166. The Bertz CT molecular complexity index is 373. The van der Waals surface area contributed by atoms with Crippen LogP contribution in [0, 0.1) is 0 Å². The summed E-state index contributed by atoms with van der Waals surface area (Å²) in [6.45, 7) is 2.63. The molecule has 1 fully saturated rings. The molecule has 0 bridgehead atoms. The molecule has 106 valence electrons. The van der Waals surface area contributed by atoms with Crippen LogP contribution in [0.1, 0.15) is 39.0 Å². The van der Waals surface area contributed by atoms with Gasteiger partial charge in [-0.1, -0.05) is 6.92 Å². The number of rotatable bonds is 5. The van der Waals surface area contributed by atoms with Crippen molar-refractivity contribution in [1.29, 1.82) is 0 Å². The van der Waals surface area contributed by atoms with Crippen LogP contribution in [0.25, 0.3) is 0 Å². The summed E-state index contributed by atoms with van der Waals surface area (Å²) in [4.78, 5) is 13.8. The SMILES string of the molecule is CCCN(C(=O)CS(C)(=O)=O)C1CCC(N)CC1. The monoisotopic (exact) mass is 276 g/mol. The molecule has 2 N–H and O–H groups in total. The van der Waals surface area contributed by atoms with Crippen LogP contribution in [0.5, 0.6) is 0 Å². The van der Waals surface area contributed by atoms with E-state index in [1.807, 2.05) is 6.92 Å². The molecule has 0 heterocycles. The van der Waals surface area contributed by atoms with Gasteiger partial charge in [-0.2, -0.15) is 0 Å². The summed E-state index contributed by atoms with van der Waals surface area (Å²) in [6.07, 6.45) is 5.55. The van der Waals surface area contributed by atoms with E-state index in [9.17, 15) is 13.2 Å². The molecule has 1 aliphatic rings. The molecule has 18 heavy (non-hydrogen) atoms. The Morgan fingerprint density at radius 3 is 2.28 bits per heavy atom. The number of nitrogens with two attached hydrogens (primary N) is 1. The van der Waals surface area contributed by atoms with Crippen LogP contribution in [-0.2, 0) is 14.6 Å². The summed E-state index contributed by atoms with van der Waals surface area (Å²) in [5.41, 5.74) is 5.85. The zero-order chi connectivity index (χ0) is 13.8. The Labute approximate surface area is 110 Å². The molecule has 0 aromatic heterocycles. The highest BCUT2D eigenvalue weighted by Crippen LogP contribution is 2.22. The van der Waals surface area contributed by atoms with Gasteiger partial charge in [0.15, 0.2) is 9.84 Å². The van der Waals surface area contributed by atoms with Gasteiger partial charge in [-0.05, 0) is 32.1 Å². The van der Waals surface area contributed by atoms with Crippen LogP contribution >= 0.6 is 0 Å². The third-order valence-corrected chi connectivity index (χ3v) is 4.12. The van der Waals surface area contributed by atoms with Crippen LogP contribution in [0.3, 0.4) is 0 Å². The molecule has 5 nitrogen and oxygen atoms in total. The van der Waals surface area contributed by atoms with E-state index in [1.54, 1.807) is 4.90 Å². The average Bonchev–Trinajstić information content (AvgIpc) is 2.25. The first kappa shape index (κ1) is 15.4. The second kappa shape index (κ2) is 6.52. The molecular formula is C12H24N2O3S. The minimum atomic E-state index is -3.25. The Hall–Kier alpha value is -0.620. The van der Waals surface area contributed by atoms with E-state index in [1.165, 1.54) is 0 Å². The Kier molecular flexibility index (Phi) is 5.59. The molecule has 0 aromatic rings. The maximum atomic E-state index is 12.0. The number of nitrogens with zero attached hydrogens (tertiary/aromatic N) is 1. The van der Waals surface area contributed by atoms with Crippen molar-refractivity contribution in [3.63, 3.8) is 0 Å². The third-order valence-electron chi connectivity index (χ3n) is 3.35. The molecular weight excluding hydrogens is 252 g/mol. The van der Waals surface area contributed by atoms with Crippen LogP contribution < -0.4 is 5.73 Å². The van der Waals surface area contributed by atoms with E-state index in [0.717, 1.165) is 38.4 Å². The average molecular weight is 276 g/mol. The molecule has 0 atom stereocenters. The van der Waals surface area contributed by atoms with Gasteiger partial charge in [0.2, 0.25) is 5.91 Å². The topological polar surface area (TPSA) is 80.5 Å². The summed E-state index contributed by atoms with van der Waals surface area (Å²) in [7, 11) is -3.25. The lowest BCUT2D eigenvalue weighted by atomic mass is 9.90. The van der Waals surface area contributed by atoms with Gasteiger partial charge in [0.25, 0.3) is 0 Å². The minimum Gasteiger partial charge on any atom is -0.339 e. The fourth-order valence-corrected chi connectivity index (χ4v) is 3.09. The normalized spacial score (nSPS) is 24.8. The van der Waals surface area contributed by atoms with E-state index >= 15 is 0 Å². The second-order valence-electron chi connectivity index (χ2n) is 5.23. The maximum Gasteiger partial charge on any atom is 0.238 e. The number of carbonyl (C=O) groups excluding carboxylic acids is 1. The molecule has 1 aliphatic carbocycles. The van der Waals surface area contributed by atoms with E-state index < -0.39 is 9.84 Å². The van der Waals surface area contributed by atoms with E-state index in [0.29, 0.717) is 6.54 Å². The quantitative estimate of drug-likeness (QED) is 0.794. The van der Waals surface area contributed by atoms with E-state index in [-0.39, 0.29) is 23.7 Å². The van der Waals surface area contributed by atoms with Gasteiger partial charge in [-0.15, -0.1) is 0 Å². The Morgan fingerprint density at radius 2 is 1.83 bits per heavy atom.